The minimum atomic E-state index is 0.566. The molecule has 0 amide bonds. The molecule has 0 unspecified atom stereocenters. The molecule has 1 saturated heterocycles. The van der Waals surface area contributed by atoms with E-state index in [4.69, 9.17) is 5.73 Å². The number of fused-ring (bicyclic) bond motifs is 1. The van der Waals surface area contributed by atoms with Gasteiger partial charge in [-0.1, -0.05) is 6.07 Å². The van der Waals surface area contributed by atoms with E-state index in [1.165, 1.54) is 25.9 Å². The van der Waals surface area contributed by atoms with Crippen molar-refractivity contribution in [3.05, 3.63) is 54.4 Å². The van der Waals surface area contributed by atoms with Crippen molar-refractivity contribution in [3.63, 3.8) is 0 Å². The lowest BCUT2D eigenvalue weighted by Crippen LogP contribution is -2.33. The molecule has 1 fully saturated rings. The first-order valence-electron chi connectivity index (χ1n) is 9.93. The average molecular weight is 377 g/mol. The molecule has 0 saturated carbocycles. The molecule has 0 spiro atoms. The van der Waals surface area contributed by atoms with Crippen molar-refractivity contribution in [1.82, 2.24) is 14.9 Å². The van der Waals surface area contributed by atoms with Crippen LogP contribution in [0, 0.1) is 5.92 Å². The summed E-state index contributed by atoms with van der Waals surface area (Å²) in [6.45, 7) is 4.13. The van der Waals surface area contributed by atoms with Crippen LogP contribution in [-0.4, -0.2) is 41.5 Å². The molecular formula is C22H28N6. The number of hydrogen-bond donors (Lipinski definition) is 3. The van der Waals surface area contributed by atoms with Gasteiger partial charge in [0.2, 0.25) is 0 Å². The molecule has 1 aliphatic heterocycles. The molecule has 2 aromatic heterocycles. The first kappa shape index (κ1) is 18.5. The lowest BCUT2D eigenvalue weighted by molar-refractivity contribution is 0.226. The molecule has 6 heteroatoms. The van der Waals surface area contributed by atoms with Crippen LogP contribution < -0.4 is 16.4 Å². The second-order valence-electron chi connectivity index (χ2n) is 7.66. The highest BCUT2D eigenvalue weighted by Gasteiger charge is 2.16. The Morgan fingerprint density at radius 3 is 2.71 bits per heavy atom. The number of benzene rings is 1. The van der Waals surface area contributed by atoms with Crippen LogP contribution in [0.25, 0.3) is 10.8 Å². The number of nitrogen functional groups attached to an aromatic ring is 1. The predicted molar refractivity (Wildman–Crippen MR) is 116 cm³/mol. The van der Waals surface area contributed by atoms with Crippen molar-refractivity contribution < 1.29 is 0 Å². The van der Waals surface area contributed by atoms with E-state index in [1.807, 2.05) is 24.4 Å². The predicted octanol–water partition coefficient (Wildman–Crippen LogP) is 3.58. The number of rotatable bonds is 6. The summed E-state index contributed by atoms with van der Waals surface area (Å²) < 4.78 is 0. The van der Waals surface area contributed by atoms with Crippen LogP contribution in [0.1, 0.15) is 18.4 Å². The number of hydrogen-bond acceptors (Lipinski definition) is 6. The zero-order valence-corrected chi connectivity index (χ0v) is 16.4. The zero-order valence-electron chi connectivity index (χ0n) is 16.4. The molecule has 28 heavy (non-hydrogen) atoms. The minimum absolute atomic E-state index is 0.566. The number of aromatic nitrogens is 2. The van der Waals surface area contributed by atoms with Crippen molar-refractivity contribution in [3.8, 4) is 0 Å². The van der Waals surface area contributed by atoms with Gasteiger partial charge >= 0.3 is 0 Å². The Kier molecular flexibility index (Phi) is 5.58. The van der Waals surface area contributed by atoms with Crippen molar-refractivity contribution in [1.29, 1.82) is 0 Å². The monoisotopic (exact) mass is 376 g/mol. The Morgan fingerprint density at radius 2 is 1.93 bits per heavy atom. The summed E-state index contributed by atoms with van der Waals surface area (Å²) >= 11 is 0. The fraction of sp³-hybridized carbons (Fsp3) is 0.364. The highest BCUT2D eigenvalue weighted by Crippen LogP contribution is 2.23. The van der Waals surface area contributed by atoms with Crippen LogP contribution in [0.3, 0.4) is 0 Å². The summed E-state index contributed by atoms with van der Waals surface area (Å²) in [5.74, 6) is 2.27. The summed E-state index contributed by atoms with van der Waals surface area (Å²) in [5, 5.41) is 9.01. The number of piperidine rings is 1. The fourth-order valence-corrected chi connectivity index (χ4v) is 3.66. The maximum absolute atomic E-state index is 5.92. The van der Waals surface area contributed by atoms with Gasteiger partial charge in [0.15, 0.2) is 0 Å². The van der Waals surface area contributed by atoms with Crippen LogP contribution in [0.15, 0.2) is 48.8 Å². The molecule has 1 aromatic carbocycles. The SMILES string of the molecule is CN1CCC(CNc2ccc(CNc3ccc4c(N)nccc4c3)cn2)CC1. The third-order valence-corrected chi connectivity index (χ3v) is 5.53. The quantitative estimate of drug-likeness (QED) is 0.610. The zero-order chi connectivity index (χ0) is 19.3. The maximum Gasteiger partial charge on any atom is 0.131 e. The van der Waals surface area contributed by atoms with Gasteiger partial charge in [0.05, 0.1) is 0 Å². The molecule has 1 aliphatic rings. The molecular weight excluding hydrogens is 348 g/mol. The molecule has 0 aliphatic carbocycles. The van der Waals surface area contributed by atoms with Gasteiger partial charge < -0.3 is 21.3 Å². The molecule has 4 rings (SSSR count). The minimum Gasteiger partial charge on any atom is -0.383 e. The molecule has 146 valence electrons. The summed E-state index contributed by atoms with van der Waals surface area (Å²) in [6, 6.07) is 12.3. The lowest BCUT2D eigenvalue weighted by atomic mass is 9.97. The summed E-state index contributed by atoms with van der Waals surface area (Å²) in [4.78, 5) is 11.1. The number of pyridine rings is 2. The van der Waals surface area contributed by atoms with Crippen molar-refractivity contribution in [2.45, 2.75) is 19.4 Å². The van der Waals surface area contributed by atoms with Gasteiger partial charge in [0, 0.05) is 36.6 Å². The van der Waals surface area contributed by atoms with Gasteiger partial charge in [-0.15, -0.1) is 0 Å². The van der Waals surface area contributed by atoms with Gasteiger partial charge in [-0.2, -0.15) is 0 Å². The number of nitrogens with one attached hydrogen (secondary N) is 2. The summed E-state index contributed by atoms with van der Waals surface area (Å²) in [6.07, 6.45) is 6.20. The number of anilines is 3. The molecule has 0 atom stereocenters. The van der Waals surface area contributed by atoms with E-state index in [-0.39, 0.29) is 0 Å². The number of nitrogens with zero attached hydrogens (tertiary/aromatic N) is 3. The van der Waals surface area contributed by atoms with Gasteiger partial charge in [-0.3, -0.25) is 0 Å². The molecule has 3 aromatic rings. The largest absolute Gasteiger partial charge is 0.383 e. The van der Waals surface area contributed by atoms with Crippen LogP contribution in [0.4, 0.5) is 17.3 Å². The smallest absolute Gasteiger partial charge is 0.131 e. The first-order valence-corrected chi connectivity index (χ1v) is 9.93. The number of likely N-dealkylation sites (tertiary alicyclic amines) is 1. The van der Waals surface area contributed by atoms with Gasteiger partial charge in [-0.25, -0.2) is 9.97 Å². The van der Waals surface area contributed by atoms with E-state index < -0.39 is 0 Å². The highest BCUT2D eigenvalue weighted by atomic mass is 15.1. The molecule has 6 nitrogen and oxygen atoms in total. The van der Waals surface area contributed by atoms with E-state index >= 15 is 0 Å². The van der Waals surface area contributed by atoms with Gasteiger partial charge in [0.1, 0.15) is 11.6 Å². The van der Waals surface area contributed by atoms with E-state index in [1.54, 1.807) is 6.20 Å². The average Bonchev–Trinajstić information content (AvgIpc) is 2.73. The standard InChI is InChI=1S/C22H28N6/c1-28-10-7-16(8-11-28)13-26-21-5-2-17(15-27-21)14-25-19-3-4-20-18(12-19)6-9-24-22(20)23/h2-6,9,12,15-16,25H,7-8,10-11,13-14H2,1H3,(H2,23,24)(H,26,27). The van der Waals surface area contributed by atoms with Gasteiger partial charge in [0.25, 0.3) is 0 Å². The van der Waals surface area contributed by atoms with Crippen molar-refractivity contribution >= 4 is 28.1 Å². The number of nitrogens with two attached hydrogens (primary N) is 1. The molecule has 0 bridgehead atoms. The summed E-state index contributed by atoms with van der Waals surface area (Å²) in [5.41, 5.74) is 8.13. The summed E-state index contributed by atoms with van der Waals surface area (Å²) in [7, 11) is 2.20. The van der Waals surface area contributed by atoms with Crippen LogP contribution in [0.2, 0.25) is 0 Å². The fourth-order valence-electron chi connectivity index (χ4n) is 3.66. The topological polar surface area (TPSA) is 79.1 Å². The van der Waals surface area contributed by atoms with E-state index in [2.05, 4.69) is 50.7 Å². The van der Waals surface area contributed by atoms with Crippen LogP contribution >= 0.6 is 0 Å². The van der Waals surface area contributed by atoms with E-state index in [9.17, 15) is 0 Å². The molecule has 4 N–H and O–H groups in total. The van der Waals surface area contributed by atoms with E-state index in [0.717, 1.165) is 46.8 Å². The Morgan fingerprint density at radius 1 is 1.07 bits per heavy atom. The molecule has 3 heterocycles. The second kappa shape index (κ2) is 8.44. The van der Waals surface area contributed by atoms with Crippen LogP contribution in [0.5, 0.6) is 0 Å². The molecule has 0 radical (unpaired) electrons. The van der Waals surface area contributed by atoms with Crippen LogP contribution in [-0.2, 0) is 6.54 Å². The third-order valence-electron chi connectivity index (χ3n) is 5.53. The van der Waals surface area contributed by atoms with Crippen molar-refractivity contribution in [2.24, 2.45) is 5.92 Å². The Bertz CT molecular complexity index is 916. The maximum atomic E-state index is 5.92. The Balaban J connectivity index is 1.30. The lowest BCUT2D eigenvalue weighted by Gasteiger charge is -2.29. The van der Waals surface area contributed by atoms with E-state index in [0.29, 0.717) is 5.82 Å². The second-order valence-corrected chi connectivity index (χ2v) is 7.66. The Labute approximate surface area is 166 Å². The normalized spacial score (nSPS) is 15.6. The van der Waals surface area contributed by atoms with Gasteiger partial charge in [-0.05, 0) is 80.2 Å². The third kappa shape index (κ3) is 4.51. The van der Waals surface area contributed by atoms with Crippen molar-refractivity contribution in [2.75, 3.05) is 43.0 Å². The Hall–Kier alpha value is -2.86. The first-order chi connectivity index (χ1) is 13.7. The highest BCUT2D eigenvalue weighted by molar-refractivity contribution is 5.92.